The molecule has 2 N–H and O–H groups in total. The van der Waals surface area contributed by atoms with Crippen molar-refractivity contribution in [2.45, 2.75) is 32.1 Å². The molecule has 24 heavy (non-hydrogen) atoms. The summed E-state index contributed by atoms with van der Waals surface area (Å²) in [5.74, 6) is -1.02. The minimum absolute atomic E-state index is 0.102. The van der Waals surface area contributed by atoms with Gasteiger partial charge in [0, 0.05) is 25.2 Å². The van der Waals surface area contributed by atoms with E-state index in [1.807, 2.05) is 0 Å². The van der Waals surface area contributed by atoms with E-state index in [4.69, 9.17) is 0 Å². The second-order valence-corrected chi connectivity index (χ2v) is 6.89. The fourth-order valence-corrected chi connectivity index (χ4v) is 3.54. The van der Waals surface area contributed by atoms with E-state index in [-0.39, 0.29) is 18.2 Å². The maximum absolute atomic E-state index is 13.3. The van der Waals surface area contributed by atoms with Crippen LogP contribution in [-0.2, 0) is 9.59 Å². The molecule has 0 radical (unpaired) electrons. The number of fused-ring (bicyclic) bond motifs is 1. The zero-order valence-electron chi connectivity index (χ0n) is 14.0. The highest BCUT2D eigenvalue weighted by Gasteiger charge is 2.31. The fraction of sp³-hybridized carbons (Fsp3) is 0.556. The third-order valence-electron chi connectivity index (χ3n) is 4.76. The van der Waals surface area contributed by atoms with E-state index in [9.17, 15) is 14.0 Å². The standard InChI is InChI=1S/C18H24FN3O2/c1-12(11-22-6-2-3-7-22)10-20-18(24)15-9-17(23)21-16-8-13(19)4-5-14(15)16/h4-5,8,12,15H,2-3,6-7,9-11H2,1H3,(H,20,24)(H,21,23)/t12-,15-/m0/s1. The molecule has 0 spiro atoms. The summed E-state index contributed by atoms with van der Waals surface area (Å²) < 4.78 is 13.3. The number of anilines is 1. The highest BCUT2D eigenvalue weighted by Crippen LogP contribution is 2.32. The van der Waals surface area contributed by atoms with E-state index in [2.05, 4.69) is 22.5 Å². The van der Waals surface area contributed by atoms with Gasteiger partial charge in [0.2, 0.25) is 11.8 Å². The first kappa shape index (κ1) is 16.9. The lowest BCUT2D eigenvalue weighted by Gasteiger charge is -2.26. The average Bonchev–Trinajstić information content (AvgIpc) is 3.04. The van der Waals surface area contributed by atoms with Gasteiger partial charge >= 0.3 is 0 Å². The fourth-order valence-electron chi connectivity index (χ4n) is 3.54. The van der Waals surface area contributed by atoms with Gasteiger partial charge in [0.1, 0.15) is 5.82 Å². The predicted octanol–water partition coefficient (Wildman–Crippen LogP) is 2.10. The van der Waals surface area contributed by atoms with Crippen molar-refractivity contribution < 1.29 is 14.0 Å². The van der Waals surface area contributed by atoms with Crippen molar-refractivity contribution in [3.63, 3.8) is 0 Å². The molecule has 0 aromatic heterocycles. The third kappa shape index (κ3) is 3.93. The predicted molar refractivity (Wildman–Crippen MR) is 90.2 cm³/mol. The van der Waals surface area contributed by atoms with Crippen molar-refractivity contribution in [3.8, 4) is 0 Å². The van der Waals surface area contributed by atoms with Gasteiger partial charge in [0.15, 0.2) is 0 Å². The Morgan fingerprint density at radius 1 is 1.42 bits per heavy atom. The molecular formula is C18H24FN3O2. The molecule has 6 heteroatoms. The molecule has 2 aliphatic rings. The minimum atomic E-state index is -0.548. The molecule has 2 aliphatic heterocycles. The van der Waals surface area contributed by atoms with Crippen LogP contribution in [-0.4, -0.2) is 42.9 Å². The van der Waals surface area contributed by atoms with Gasteiger partial charge in [-0.2, -0.15) is 0 Å². The molecule has 0 aliphatic carbocycles. The minimum Gasteiger partial charge on any atom is -0.355 e. The normalized spacial score (nSPS) is 21.9. The first-order valence-corrected chi connectivity index (χ1v) is 8.62. The van der Waals surface area contributed by atoms with Crippen LogP contribution in [0.15, 0.2) is 18.2 Å². The van der Waals surface area contributed by atoms with Gasteiger partial charge in [0.05, 0.1) is 5.92 Å². The van der Waals surface area contributed by atoms with E-state index in [0.717, 1.165) is 19.6 Å². The highest BCUT2D eigenvalue weighted by atomic mass is 19.1. The van der Waals surface area contributed by atoms with Gasteiger partial charge < -0.3 is 15.5 Å². The third-order valence-corrected chi connectivity index (χ3v) is 4.76. The Labute approximate surface area is 141 Å². The summed E-state index contributed by atoms with van der Waals surface area (Å²) in [5.41, 5.74) is 1.08. The van der Waals surface area contributed by atoms with Gasteiger partial charge in [-0.25, -0.2) is 4.39 Å². The van der Waals surface area contributed by atoms with Gasteiger partial charge in [-0.05, 0) is 49.5 Å². The van der Waals surface area contributed by atoms with E-state index >= 15 is 0 Å². The van der Waals surface area contributed by atoms with Gasteiger partial charge in [-0.1, -0.05) is 13.0 Å². The number of likely N-dealkylation sites (tertiary alicyclic amines) is 1. The molecule has 0 saturated carbocycles. The van der Waals surface area contributed by atoms with Crippen LogP contribution in [0.25, 0.3) is 0 Å². The molecule has 5 nitrogen and oxygen atoms in total. The summed E-state index contributed by atoms with van der Waals surface area (Å²) in [5, 5.41) is 5.60. The maximum atomic E-state index is 13.3. The highest BCUT2D eigenvalue weighted by molar-refractivity contribution is 6.01. The van der Waals surface area contributed by atoms with Crippen molar-refractivity contribution in [1.29, 1.82) is 0 Å². The van der Waals surface area contributed by atoms with Crippen LogP contribution >= 0.6 is 0 Å². The van der Waals surface area contributed by atoms with E-state index < -0.39 is 11.7 Å². The molecule has 1 aromatic carbocycles. The van der Waals surface area contributed by atoms with Crippen LogP contribution in [0.3, 0.4) is 0 Å². The van der Waals surface area contributed by atoms with Crippen LogP contribution in [0.2, 0.25) is 0 Å². The van der Waals surface area contributed by atoms with Gasteiger partial charge in [-0.3, -0.25) is 9.59 Å². The second kappa shape index (κ2) is 7.30. The molecule has 130 valence electrons. The molecule has 2 amide bonds. The van der Waals surface area contributed by atoms with E-state index in [1.165, 1.54) is 25.0 Å². The van der Waals surface area contributed by atoms with Crippen molar-refractivity contribution in [2.75, 3.05) is 31.5 Å². The molecule has 2 atom stereocenters. The van der Waals surface area contributed by atoms with Crippen molar-refractivity contribution in [1.82, 2.24) is 10.2 Å². The zero-order valence-corrected chi connectivity index (χ0v) is 14.0. The Balaban J connectivity index is 1.59. The van der Waals surface area contributed by atoms with Crippen LogP contribution in [0.5, 0.6) is 0 Å². The number of hydrogen-bond donors (Lipinski definition) is 2. The molecule has 1 fully saturated rings. The number of nitrogens with zero attached hydrogens (tertiary/aromatic N) is 1. The van der Waals surface area contributed by atoms with E-state index in [1.54, 1.807) is 6.07 Å². The average molecular weight is 333 g/mol. The van der Waals surface area contributed by atoms with Gasteiger partial charge in [0.25, 0.3) is 0 Å². The van der Waals surface area contributed by atoms with Crippen LogP contribution in [0, 0.1) is 11.7 Å². The largest absolute Gasteiger partial charge is 0.355 e. The molecule has 0 bridgehead atoms. The summed E-state index contributed by atoms with van der Waals surface area (Å²) >= 11 is 0. The first-order valence-electron chi connectivity index (χ1n) is 8.62. The lowest BCUT2D eigenvalue weighted by molar-refractivity contribution is -0.126. The number of nitrogens with one attached hydrogen (secondary N) is 2. The zero-order chi connectivity index (χ0) is 17.1. The van der Waals surface area contributed by atoms with Gasteiger partial charge in [-0.15, -0.1) is 0 Å². The summed E-state index contributed by atoms with van der Waals surface area (Å²) in [7, 11) is 0. The smallest absolute Gasteiger partial charge is 0.228 e. The lowest BCUT2D eigenvalue weighted by atomic mass is 9.89. The molecule has 2 heterocycles. The molecule has 1 saturated heterocycles. The van der Waals surface area contributed by atoms with Crippen LogP contribution in [0.1, 0.15) is 37.7 Å². The van der Waals surface area contributed by atoms with E-state index in [0.29, 0.717) is 23.7 Å². The molecule has 0 unspecified atom stereocenters. The maximum Gasteiger partial charge on any atom is 0.228 e. The first-order chi connectivity index (χ1) is 11.5. The van der Waals surface area contributed by atoms with Crippen molar-refractivity contribution in [2.24, 2.45) is 5.92 Å². The van der Waals surface area contributed by atoms with Crippen molar-refractivity contribution in [3.05, 3.63) is 29.6 Å². The Morgan fingerprint density at radius 2 is 2.17 bits per heavy atom. The Morgan fingerprint density at radius 3 is 2.92 bits per heavy atom. The Hall–Kier alpha value is -1.95. The molecule has 1 aromatic rings. The number of hydrogen-bond acceptors (Lipinski definition) is 3. The Kier molecular flexibility index (Phi) is 5.14. The Bertz CT molecular complexity index is 629. The number of rotatable bonds is 5. The molecular weight excluding hydrogens is 309 g/mol. The summed E-state index contributed by atoms with van der Waals surface area (Å²) in [6.07, 6.45) is 2.61. The quantitative estimate of drug-likeness (QED) is 0.867. The molecule has 3 rings (SSSR count). The SMILES string of the molecule is C[C@@H](CNC(=O)[C@H]1CC(=O)Nc2cc(F)ccc21)CN1CCCC1. The summed E-state index contributed by atoms with van der Waals surface area (Å²) in [4.78, 5) is 26.8. The summed E-state index contributed by atoms with van der Waals surface area (Å²) in [6.45, 7) is 5.97. The van der Waals surface area contributed by atoms with Crippen molar-refractivity contribution >= 4 is 17.5 Å². The second-order valence-electron chi connectivity index (χ2n) is 6.89. The number of halogens is 1. The number of benzene rings is 1. The van der Waals surface area contributed by atoms with Crippen LogP contribution in [0.4, 0.5) is 10.1 Å². The number of carbonyl (C=O) groups is 2. The topological polar surface area (TPSA) is 61.4 Å². The monoisotopic (exact) mass is 333 g/mol. The number of amides is 2. The number of carbonyl (C=O) groups excluding carboxylic acids is 2. The summed E-state index contributed by atoms with van der Waals surface area (Å²) in [6, 6.07) is 4.18. The van der Waals surface area contributed by atoms with Crippen LogP contribution < -0.4 is 10.6 Å². The lowest BCUT2D eigenvalue weighted by Crippen LogP contribution is -2.39.